The van der Waals surface area contributed by atoms with E-state index in [9.17, 15) is 14.4 Å². The van der Waals surface area contributed by atoms with Gasteiger partial charge in [0.2, 0.25) is 17.7 Å². The van der Waals surface area contributed by atoms with Crippen molar-refractivity contribution in [2.45, 2.75) is 38.3 Å². The smallest absolute Gasteiger partial charge is 0.243 e. The monoisotopic (exact) mass is 538 g/mol. The first-order valence-electron chi connectivity index (χ1n) is 13.2. The lowest BCUT2D eigenvalue weighted by atomic mass is 10.0. The van der Waals surface area contributed by atoms with Crippen LogP contribution in [0, 0.1) is 5.41 Å². The van der Waals surface area contributed by atoms with E-state index in [1.54, 1.807) is 0 Å². The van der Waals surface area contributed by atoms with Crippen molar-refractivity contribution in [3.05, 3.63) is 108 Å². The average molecular weight is 539 g/mol. The molecule has 0 aliphatic heterocycles. The lowest BCUT2D eigenvalue weighted by Gasteiger charge is -2.30. The maximum Gasteiger partial charge on any atom is 0.243 e. The fraction of sp³-hybridized carbons (Fsp3) is 0.226. The molecule has 0 saturated heterocycles. The van der Waals surface area contributed by atoms with Gasteiger partial charge in [-0.3, -0.25) is 24.7 Å². The molecule has 1 heterocycles. The summed E-state index contributed by atoms with van der Waals surface area (Å²) in [6.07, 6.45) is 2.46. The van der Waals surface area contributed by atoms with Gasteiger partial charge < -0.3 is 21.4 Å². The molecule has 1 unspecified atom stereocenters. The van der Waals surface area contributed by atoms with E-state index in [1.807, 2.05) is 91.1 Å². The molecule has 40 heavy (non-hydrogen) atoms. The van der Waals surface area contributed by atoms with Gasteiger partial charge in [-0.1, -0.05) is 66.7 Å². The van der Waals surface area contributed by atoms with Crippen LogP contribution in [-0.4, -0.2) is 46.2 Å². The molecule has 4 rings (SSSR count). The minimum atomic E-state index is -1.03. The van der Waals surface area contributed by atoms with Crippen LogP contribution >= 0.6 is 0 Å². The highest BCUT2D eigenvalue weighted by atomic mass is 16.2. The molecule has 0 aliphatic carbocycles. The van der Waals surface area contributed by atoms with Crippen LogP contribution in [0.1, 0.15) is 29.5 Å². The van der Waals surface area contributed by atoms with Crippen LogP contribution in [0.25, 0.3) is 10.9 Å². The maximum atomic E-state index is 13.7. The van der Waals surface area contributed by atoms with Crippen molar-refractivity contribution in [2.24, 2.45) is 5.73 Å². The summed E-state index contributed by atoms with van der Waals surface area (Å²) >= 11 is 0. The Morgan fingerprint density at radius 2 is 1.45 bits per heavy atom. The molecule has 0 bridgehead atoms. The maximum absolute atomic E-state index is 13.7. The number of rotatable bonds is 12. The molecule has 0 spiro atoms. The molecule has 1 aromatic heterocycles. The van der Waals surface area contributed by atoms with E-state index >= 15 is 0 Å². The molecule has 0 radical (unpaired) electrons. The van der Waals surface area contributed by atoms with Crippen LogP contribution in [0.15, 0.2) is 91.1 Å². The van der Waals surface area contributed by atoms with Crippen molar-refractivity contribution >= 4 is 34.6 Å². The van der Waals surface area contributed by atoms with Gasteiger partial charge in [-0.25, -0.2) is 0 Å². The summed E-state index contributed by atoms with van der Waals surface area (Å²) in [5.41, 5.74) is 8.81. The number of nitrogens with two attached hydrogens (primary N) is 1. The number of benzene rings is 3. The Bertz CT molecular complexity index is 1400. The molecule has 6 N–H and O–H groups in total. The number of hydrogen-bond donors (Lipinski definition) is 5. The highest BCUT2D eigenvalue weighted by Gasteiger charge is 2.34. The molecular weight excluding hydrogens is 504 g/mol. The van der Waals surface area contributed by atoms with E-state index in [2.05, 4.69) is 15.6 Å². The Kier molecular flexibility index (Phi) is 9.66. The zero-order chi connectivity index (χ0) is 28.3. The molecule has 4 aromatic rings. The standard InChI is InChI=1S/C31H34N6O3/c32-31(33)35-16-7-12-27(30(40)36-21-24-13-14-26-25(18-24)15-17-34-26)37(28(38)19-22-8-3-1-4-9-22)29(39)20-23-10-5-2-6-11-23/h1-6,8-11,13-15,17-18,27,34H,7,12,16,19-21H2,(H,36,40)(H4,32,33,35). The number of aromatic amines is 1. The minimum absolute atomic E-state index is 0.0129. The summed E-state index contributed by atoms with van der Waals surface area (Å²) < 4.78 is 0. The second-order valence-electron chi connectivity index (χ2n) is 9.60. The fourth-order valence-electron chi connectivity index (χ4n) is 4.61. The molecule has 3 amide bonds. The molecule has 0 saturated carbocycles. The molecule has 3 aromatic carbocycles. The Labute approximate surface area is 233 Å². The molecular formula is C31H34N6O3. The lowest BCUT2D eigenvalue weighted by Crippen LogP contribution is -2.53. The third kappa shape index (κ3) is 7.80. The van der Waals surface area contributed by atoms with Gasteiger partial charge in [-0.15, -0.1) is 0 Å². The summed E-state index contributed by atoms with van der Waals surface area (Å²) in [5, 5.41) is 14.1. The van der Waals surface area contributed by atoms with Crippen LogP contribution in [0.4, 0.5) is 0 Å². The summed E-state index contributed by atoms with van der Waals surface area (Å²) in [7, 11) is 0. The summed E-state index contributed by atoms with van der Waals surface area (Å²) in [6, 6.07) is 25.1. The van der Waals surface area contributed by atoms with Crippen molar-refractivity contribution in [1.29, 1.82) is 5.41 Å². The molecule has 0 aliphatic rings. The number of fused-ring (bicyclic) bond motifs is 1. The molecule has 9 nitrogen and oxygen atoms in total. The van der Waals surface area contributed by atoms with Crippen molar-refractivity contribution in [3.63, 3.8) is 0 Å². The molecule has 0 fully saturated rings. The third-order valence-corrected chi connectivity index (χ3v) is 6.60. The van der Waals surface area contributed by atoms with Crippen LogP contribution < -0.4 is 16.4 Å². The quantitative estimate of drug-likeness (QED) is 0.107. The fourth-order valence-corrected chi connectivity index (χ4v) is 4.61. The second kappa shape index (κ2) is 13.7. The predicted molar refractivity (Wildman–Crippen MR) is 155 cm³/mol. The van der Waals surface area contributed by atoms with Gasteiger partial charge in [0, 0.05) is 24.8 Å². The number of imide groups is 1. The van der Waals surface area contributed by atoms with E-state index in [-0.39, 0.29) is 31.8 Å². The largest absolute Gasteiger partial charge is 0.370 e. The van der Waals surface area contributed by atoms with Crippen molar-refractivity contribution in [1.82, 2.24) is 20.5 Å². The summed E-state index contributed by atoms with van der Waals surface area (Å²) in [6.45, 7) is 0.576. The van der Waals surface area contributed by atoms with Gasteiger partial charge in [0.1, 0.15) is 6.04 Å². The zero-order valence-corrected chi connectivity index (χ0v) is 22.2. The van der Waals surface area contributed by atoms with Gasteiger partial charge in [-0.2, -0.15) is 0 Å². The van der Waals surface area contributed by atoms with Crippen LogP contribution in [0.5, 0.6) is 0 Å². The zero-order valence-electron chi connectivity index (χ0n) is 22.2. The minimum Gasteiger partial charge on any atom is -0.370 e. The Balaban J connectivity index is 1.58. The van der Waals surface area contributed by atoms with Gasteiger partial charge in [-0.05, 0) is 53.1 Å². The van der Waals surface area contributed by atoms with Gasteiger partial charge in [0.25, 0.3) is 0 Å². The van der Waals surface area contributed by atoms with E-state index in [0.29, 0.717) is 13.0 Å². The Morgan fingerprint density at radius 3 is 2.05 bits per heavy atom. The third-order valence-electron chi connectivity index (χ3n) is 6.60. The molecule has 9 heteroatoms. The summed E-state index contributed by atoms with van der Waals surface area (Å²) in [5.74, 6) is -1.49. The highest BCUT2D eigenvalue weighted by Crippen LogP contribution is 2.17. The van der Waals surface area contributed by atoms with Gasteiger partial charge in [0.05, 0.1) is 12.8 Å². The summed E-state index contributed by atoms with van der Waals surface area (Å²) in [4.78, 5) is 45.3. The molecule has 1 atom stereocenters. The normalized spacial score (nSPS) is 11.5. The highest BCUT2D eigenvalue weighted by molar-refractivity contribution is 6.01. The average Bonchev–Trinajstić information content (AvgIpc) is 3.42. The van der Waals surface area contributed by atoms with E-state index in [4.69, 9.17) is 11.1 Å². The van der Waals surface area contributed by atoms with Crippen LogP contribution in [0.2, 0.25) is 0 Å². The number of hydrogen-bond acceptors (Lipinski definition) is 4. The van der Waals surface area contributed by atoms with Crippen LogP contribution in [0.3, 0.4) is 0 Å². The lowest BCUT2D eigenvalue weighted by molar-refractivity contribution is -0.151. The number of carbonyl (C=O) groups is 3. The van der Waals surface area contributed by atoms with E-state index in [0.717, 1.165) is 32.5 Å². The Morgan fingerprint density at radius 1 is 0.825 bits per heavy atom. The first kappa shape index (κ1) is 28.1. The van der Waals surface area contributed by atoms with Crippen molar-refractivity contribution in [3.8, 4) is 0 Å². The number of nitrogens with zero attached hydrogens (tertiary/aromatic N) is 1. The SMILES string of the molecule is N=C(N)NCCCC(C(=O)NCc1ccc2[nH]ccc2c1)N(C(=O)Cc1ccccc1)C(=O)Cc1ccccc1. The van der Waals surface area contributed by atoms with Crippen LogP contribution in [-0.2, 0) is 33.8 Å². The number of nitrogens with one attached hydrogen (secondary N) is 4. The number of aromatic nitrogens is 1. The first-order chi connectivity index (χ1) is 19.4. The Hall–Kier alpha value is -4.92. The number of carbonyl (C=O) groups excluding carboxylic acids is 3. The first-order valence-corrected chi connectivity index (χ1v) is 13.2. The van der Waals surface area contributed by atoms with Crippen molar-refractivity contribution < 1.29 is 14.4 Å². The number of H-pyrrole nitrogens is 1. The second-order valence-corrected chi connectivity index (χ2v) is 9.60. The predicted octanol–water partition coefficient (Wildman–Crippen LogP) is 3.26. The molecule has 206 valence electrons. The van der Waals surface area contributed by atoms with Gasteiger partial charge >= 0.3 is 0 Å². The van der Waals surface area contributed by atoms with Gasteiger partial charge in [0.15, 0.2) is 5.96 Å². The van der Waals surface area contributed by atoms with E-state index < -0.39 is 23.8 Å². The number of guanidine groups is 1. The number of amides is 3. The van der Waals surface area contributed by atoms with Crippen molar-refractivity contribution in [2.75, 3.05) is 6.54 Å². The topological polar surface area (TPSA) is 144 Å². The van der Waals surface area contributed by atoms with E-state index in [1.165, 1.54) is 0 Å².